The van der Waals surface area contributed by atoms with Gasteiger partial charge in [-0.3, -0.25) is 9.59 Å². The Balaban J connectivity index is 2.04. The molecule has 5 N–H and O–H groups in total. The van der Waals surface area contributed by atoms with Crippen molar-refractivity contribution in [3.05, 3.63) is 35.4 Å². The topological polar surface area (TPSA) is 113 Å². The van der Waals surface area contributed by atoms with Crippen molar-refractivity contribution in [2.24, 2.45) is 5.73 Å². The van der Waals surface area contributed by atoms with Crippen LogP contribution in [0.3, 0.4) is 0 Å². The molecular weight excluding hydrogens is 248 g/mol. The van der Waals surface area contributed by atoms with E-state index >= 15 is 0 Å². The minimum absolute atomic E-state index is 0.168. The molecule has 1 aliphatic rings. The summed E-state index contributed by atoms with van der Waals surface area (Å²) in [5.74, 6) is -1.16. The zero-order valence-electron chi connectivity index (χ0n) is 10.2. The molecule has 0 spiro atoms. The second kappa shape index (κ2) is 5.38. The number of rotatable bonds is 5. The highest BCUT2D eigenvalue weighted by molar-refractivity contribution is 5.94. The van der Waals surface area contributed by atoms with Crippen LogP contribution < -0.4 is 11.1 Å². The summed E-state index contributed by atoms with van der Waals surface area (Å²) in [7, 11) is 0. The fourth-order valence-corrected chi connectivity index (χ4v) is 1.67. The fraction of sp³-hybridized carbons (Fsp3) is 0.385. The van der Waals surface area contributed by atoms with Gasteiger partial charge in [0.15, 0.2) is 6.10 Å². The third-order valence-corrected chi connectivity index (χ3v) is 3.02. The lowest BCUT2D eigenvalue weighted by Gasteiger charge is -2.15. The smallest absolute Gasteiger partial charge is 0.251 e. The molecule has 0 aliphatic heterocycles. The van der Waals surface area contributed by atoms with Crippen LogP contribution in [0.4, 0.5) is 0 Å². The molecule has 2 atom stereocenters. The van der Waals surface area contributed by atoms with Crippen LogP contribution in [0.25, 0.3) is 0 Å². The van der Waals surface area contributed by atoms with E-state index < -0.39 is 18.1 Å². The summed E-state index contributed by atoms with van der Waals surface area (Å²) in [4.78, 5) is 22.5. The number of carbonyl (C=O) groups excluding carboxylic acids is 2. The maximum Gasteiger partial charge on any atom is 0.251 e. The highest BCUT2D eigenvalue weighted by Crippen LogP contribution is 2.20. The lowest BCUT2D eigenvalue weighted by molar-refractivity contribution is -0.131. The van der Waals surface area contributed by atoms with Crippen LogP contribution in [0.5, 0.6) is 0 Å². The molecule has 0 aromatic heterocycles. The number of aliphatic hydroxyl groups excluding tert-OH is 2. The fourth-order valence-electron chi connectivity index (χ4n) is 1.67. The van der Waals surface area contributed by atoms with E-state index in [4.69, 9.17) is 5.73 Å². The third kappa shape index (κ3) is 3.30. The average molecular weight is 264 g/mol. The van der Waals surface area contributed by atoms with Gasteiger partial charge in [-0.25, -0.2) is 0 Å². The zero-order chi connectivity index (χ0) is 14.0. The van der Waals surface area contributed by atoms with E-state index in [2.05, 4.69) is 5.32 Å². The minimum Gasteiger partial charge on any atom is -0.385 e. The van der Waals surface area contributed by atoms with Gasteiger partial charge in [0.2, 0.25) is 5.91 Å². The molecule has 6 nitrogen and oxygen atoms in total. The summed E-state index contributed by atoms with van der Waals surface area (Å²) in [6.45, 7) is 0. The first-order chi connectivity index (χ1) is 8.99. The van der Waals surface area contributed by atoms with Crippen LogP contribution in [0.15, 0.2) is 24.3 Å². The molecular formula is C13H16N2O4. The molecule has 2 amide bonds. The number of amides is 2. The van der Waals surface area contributed by atoms with Crippen molar-refractivity contribution in [1.29, 1.82) is 0 Å². The first-order valence-electron chi connectivity index (χ1n) is 6.05. The van der Waals surface area contributed by atoms with Crippen molar-refractivity contribution in [2.75, 3.05) is 0 Å². The quantitative estimate of drug-likeness (QED) is 0.572. The van der Waals surface area contributed by atoms with E-state index in [9.17, 15) is 19.8 Å². The molecule has 6 heteroatoms. The van der Waals surface area contributed by atoms with Gasteiger partial charge in [-0.1, -0.05) is 12.1 Å². The van der Waals surface area contributed by atoms with Crippen molar-refractivity contribution in [1.82, 2.24) is 5.32 Å². The monoisotopic (exact) mass is 264 g/mol. The largest absolute Gasteiger partial charge is 0.385 e. The molecule has 2 rings (SSSR count). The Kier molecular flexibility index (Phi) is 3.82. The van der Waals surface area contributed by atoms with Gasteiger partial charge in [-0.15, -0.1) is 0 Å². The molecule has 0 bridgehead atoms. The van der Waals surface area contributed by atoms with E-state index in [1.165, 1.54) is 24.3 Å². The summed E-state index contributed by atoms with van der Waals surface area (Å²) in [5.41, 5.74) is 5.70. The third-order valence-electron chi connectivity index (χ3n) is 3.02. The second-order valence-electron chi connectivity index (χ2n) is 4.66. The van der Waals surface area contributed by atoms with Crippen molar-refractivity contribution in [3.8, 4) is 0 Å². The Labute approximate surface area is 110 Å². The number of benzene rings is 1. The van der Waals surface area contributed by atoms with E-state index in [0.717, 1.165) is 12.8 Å². The van der Waals surface area contributed by atoms with Gasteiger partial charge in [0.25, 0.3) is 5.91 Å². The van der Waals surface area contributed by atoms with E-state index in [-0.39, 0.29) is 11.9 Å². The van der Waals surface area contributed by atoms with E-state index in [1.54, 1.807) is 0 Å². The van der Waals surface area contributed by atoms with Crippen molar-refractivity contribution in [3.63, 3.8) is 0 Å². The Morgan fingerprint density at radius 3 is 2.26 bits per heavy atom. The number of hydrogen-bond donors (Lipinski definition) is 4. The SMILES string of the molecule is NC(=O)C(O)C(O)c1ccc(C(=O)NC2CC2)cc1. The number of aliphatic hydroxyl groups is 2. The molecule has 1 saturated carbocycles. The summed E-state index contributed by atoms with van der Waals surface area (Å²) in [6.07, 6.45) is -1.04. The summed E-state index contributed by atoms with van der Waals surface area (Å²) in [6, 6.07) is 6.31. The minimum atomic E-state index is -1.66. The van der Waals surface area contributed by atoms with E-state index in [1.807, 2.05) is 0 Å². The van der Waals surface area contributed by atoms with Crippen molar-refractivity contribution < 1.29 is 19.8 Å². The maximum absolute atomic E-state index is 11.7. The van der Waals surface area contributed by atoms with Crippen LogP contribution in [0.2, 0.25) is 0 Å². The molecule has 1 aliphatic carbocycles. The van der Waals surface area contributed by atoms with Gasteiger partial charge in [-0.2, -0.15) is 0 Å². The van der Waals surface area contributed by atoms with Gasteiger partial charge >= 0.3 is 0 Å². The number of carbonyl (C=O) groups is 2. The average Bonchev–Trinajstić information content (AvgIpc) is 3.21. The van der Waals surface area contributed by atoms with Crippen LogP contribution >= 0.6 is 0 Å². The molecule has 1 aromatic rings. The molecule has 1 aromatic carbocycles. The summed E-state index contributed by atoms with van der Waals surface area (Å²) >= 11 is 0. The lowest BCUT2D eigenvalue weighted by atomic mass is 10.0. The Bertz CT molecular complexity index is 482. The molecule has 0 heterocycles. The molecule has 0 saturated heterocycles. The van der Waals surface area contributed by atoms with Crippen LogP contribution in [-0.2, 0) is 4.79 Å². The summed E-state index contributed by atoms with van der Waals surface area (Å²) < 4.78 is 0. The number of primary amides is 1. The lowest BCUT2D eigenvalue weighted by Crippen LogP contribution is -2.33. The first kappa shape index (κ1) is 13.5. The number of nitrogens with two attached hydrogens (primary N) is 1. The molecule has 0 radical (unpaired) electrons. The Morgan fingerprint density at radius 2 is 1.79 bits per heavy atom. The Hall–Kier alpha value is -1.92. The van der Waals surface area contributed by atoms with Gasteiger partial charge in [0.1, 0.15) is 6.10 Å². The normalized spacial score (nSPS) is 17.6. The molecule has 1 fully saturated rings. The number of hydrogen-bond acceptors (Lipinski definition) is 4. The van der Waals surface area contributed by atoms with Crippen molar-refractivity contribution in [2.45, 2.75) is 31.1 Å². The van der Waals surface area contributed by atoms with Crippen LogP contribution in [0.1, 0.15) is 34.9 Å². The standard InChI is InChI=1S/C13H16N2O4/c14-12(18)11(17)10(16)7-1-3-8(4-2-7)13(19)15-9-5-6-9/h1-4,9-11,16-17H,5-6H2,(H2,14,18)(H,15,19). The van der Waals surface area contributed by atoms with Crippen molar-refractivity contribution >= 4 is 11.8 Å². The molecule has 2 unspecified atom stereocenters. The highest BCUT2D eigenvalue weighted by Gasteiger charge is 2.25. The zero-order valence-corrected chi connectivity index (χ0v) is 10.2. The maximum atomic E-state index is 11.7. The highest BCUT2D eigenvalue weighted by atomic mass is 16.3. The van der Waals surface area contributed by atoms with Crippen LogP contribution in [-0.4, -0.2) is 34.2 Å². The second-order valence-corrected chi connectivity index (χ2v) is 4.66. The number of nitrogens with one attached hydrogen (secondary N) is 1. The van der Waals surface area contributed by atoms with Gasteiger partial charge in [0.05, 0.1) is 0 Å². The van der Waals surface area contributed by atoms with Gasteiger partial charge in [-0.05, 0) is 30.5 Å². The first-order valence-corrected chi connectivity index (χ1v) is 6.05. The molecule has 102 valence electrons. The van der Waals surface area contributed by atoms with Crippen LogP contribution in [0, 0.1) is 0 Å². The van der Waals surface area contributed by atoms with E-state index in [0.29, 0.717) is 11.1 Å². The van der Waals surface area contributed by atoms with Gasteiger partial charge in [0, 0.05) is 11.6 Å². The predicted octanol–water partition coefficient (Wildman–Crippen LogP) is -0.542. The Morgan fingerprint density at radius 1 is 1.21 bits per heavy atom. The summed E-state index contributed by atoms with van der Waals surface area (Å²) in [5, 5.41) is 21.9. The predicted molar refractivity (Wildman–Crippen MR) is 67.1 cm³/mol. The molecule has 19 heavy (non-hydrogen) atoms. The van der Waals surface area contributed by atoms with Gasteiger partial charge < -0.3 is 21.3 Å².